The van der Waals surface area contributed by atoms with Crippen LogP contribution in [0.2, 0.25) is 0 Å². The third-order valence-corrected chi connectivity index (χ3v) is 4.22. The molecule has 2 nitrogen and oxygen atoms in total. The molecule has 0 saturated carbocycles. The van der Waals surface area contributed by atoms with Gasteiger partial charge in [-0.1, -0.05) is 90.1 Å². The van der Waals surface area contributed by atoms with Crippen molar-refractivity contribution in [2.75, 3.05) is 9.80 Å². The van der Waals surface area contributed by atoms with Crippen molar-refractivity contribution in [2.24, 2.45) is 0 Å². The molecule has 3 aromatic rings. The Balaban J connectivity index is 0.000000599. The molecular weight excluding hydrogens is 340 g/mol. The largest absolute Gasteiger partial charge is 0.319 e. The minimum Gasteiger partial charge on any atom is -0.319 e. The molecule has 150 valence electrons. The molecule has 3 aromatic carbocycles. The minimum absolute atomic E-state index is 0.238. The van der Waals surface area contributed by atoms with Crippen molar-refractivity contribution in [1.29, 1.82) is 0 Å². The number of hydrogen-bond donors (Lipinski definition) is 0. The number of anilines is 4. The van der Waals surface area contributed by atoms with Crippen LogP contribution >= 0.6 is 0 Å². The van der Waals surface area contributed by atoms with Crippen LogP contribution in [-0.4, -0.2) is 6.17 Å². The van der Waals surface area contributed by atoms with Crippen molar-refractivity contribution in [3.05, 3.63) is 84.9 Å². The second-order valence-electron chi connectivity index (χ2n) is 5.53. The Morgan fingerprint density at radius 3 is 1.07 bits per heavy atom. The van der Waals surface area contributed by atoms with Crippen LogP contribution in [0.4, 0.5) is 22.7 Å². The molecule has 0 aromatic heterocycles. The summed E-state index contributed by atoms with van der Waals surface area (Å²) in [5.74, 6) is 0. The summed E-state index contributed by atoms with van der Waals surface area (Å²) in [4.78, 5) is 4.78. The van der Waals surface area contributed by atoms with Gasteiger partial charge in [-0.2, -0.15) is 0 Å². The second-order valence-corrected chi connectivity index (χ2v) is 5.53. The summed E-state index contributed by atoms with van der Waals surface area (Å²) in [7, 11) is 0. The van der Waals surface area contributed by atoms with Crippen LogP contribution in [0.15, 0.2) is 84.9 Å². The Bertz CT molecular complexity index is 702. The zero-order valence-electron chi connectivity index (χ0n) is 18.6. The molecular formula is C26H36N2. The standard InChI is InChI=1S/C20H18N2.3C2H6/c1-16-21(17-10-4-2-5-11-17)19-14-8-9-15-20(19)22(16)18-12-6-3-7-13-18;3*1-2/h2-16H,1H3;3*1-2H3. The minimum atomic E-state index is 0.238. The number of fused-ring (bicyclic) bond motifs is 1. The molecule has 1 heterocycles. The molecule has 0 spiro atoms. The van der Waals surface area contributed by atoms with Gasteiger partial charge in [-0.25, -0.2) is 0 Å². The monoisotopic (exact) mass is 376 g/mol. The Hall–Kier alpha value is -2.74. The highest BCUT2D eigenvalue weighted by atomic mass is 15.4. The quantitative estimate of drug-likeness (QED) is 0.443. The lowest BCUT2D eigenvalue weighted by atomic mass is 10.2. The molecule has 1 aliphatic rings. The van der Waals surface area contributed by atoms with Gasteiger partial charge >= 0.3 is 0 Å². The van der Waals surface area contributed by atoms with Crippen LogP contribution in [0.1, 0.15) is 48.5 Å². The first kappa shape index (κ1) is 23.3. The first-order valence-corrected chi connectivity index (χ1v) is 10.6. The van der Waals surface area contributed by atoms with Crippen LogP contribution < -0.4 is 9.80 Å². The molecule has 28 heavy (non-hydrogen) atoms. The van der Waals surface area contributed by atoms with E-state index in [2.05, 4.69) is 102 Å². The molecule has 0 saturated heterocycles. The fraction of sp³-hybridized carbons (Fsp3) is 0.308. The van der Waals surface area contributed by atoms with Crippen LogP contribution in [0.3, 0.4) is 0 Å². The van der Waals surface area contributed by atoms with Crippen molar-refractivity contribution in [3.63, 3.8) is 0 Å². The summed E-state index contributed by atoms with van der Waals surface area (Å²) in [6.07, 6.45) is 0.238. The van der Waals surface area contributed by atoms with Gasteiger partial charge in [-0.15, -0.1) is 0 Å². The maximum atomic E-state index is 2.39. The van der Waals surface area contributed by atoms with E-state index in [1.807, 2.05) is 41.5 Å². The van der Waals surface area contributed by atoms with E-state index in [9.17, 15) is 0 Å². The highest BCUT2D eigenvalue weighted by Crippen LogP contribution is 2.47. The normalized spacial score (nSPS) is 11.8. The van der Waals surface area contributed by atoms with Crippen molar-refractivity contribution < 1.29 is 0 Å². The predicted molar refractivity (Wildman–Crippen MR) is 127 cm³/mol. The number of hydrogen-bond acceptors (Lipinski definition) is 2. The Morgan fingerprint density at radius 1 is 0.464 bits per heavy atom. The van der Waals surface area contributed by atoms with Crippen LogP contribution in [0, 0.1) is 0 Å². The number of benzene rings is 3. The van der Waals surface area contributed by atoms with E-state index in [-0.39, 0.29) is 6.17 Å². The first-order valence-electron chi connectivity index (χ1n) is 10.6. The van der Waals surface area contributed by atoms with Crippen LogP contribution in [0.5, 0.6) is 0 Å². The first-order chi connectivity index (χ1) is 13.9. The molecule has 1 aliphatic heterocycles. The van der Waals surface area contributed by atoms with Gasteiger partial charge in [-0.05, 0) is 43.3 Å². The summed E-state index contributed by atoms with van der Waals surface area (Å²) in [6.45, 7) is 14.2. The van der Waals surface area contributed by atoms with Gasteiger partial charge in [0.15, 0.2) is 0 Å². The Morgan fingerprint density at radius 2 is 0.750 bits per heavy atom. The van der Waals surface area contributed by atoms with E-state index in [1.54, 1.807) is 0 Å². The fourth-order valence-corrected chi connectivity index (χ4v) is 3.28. The van der Waals surface area contributed by atoms with Crippen molar-refractivity contribution >= 4 is 22.7 Å². The number of rotatable bonds is 2. The average molecular weight is 377 g/mol. The van der Waals surface area contributed by atoms with Crippen molar-refractivity contribution in [2.45, 2.75) is 54.6 Å². The molecule has 0 atom stereocenters. The molecule has 2 heteroatoms. The lowest BCUT2D eigenvalue weighted by Crippen LogP contribution is -2.35. The predicted octanol–water partition coefficient (Wildman–Crippen LogP) is 8.40. The molecule has 0 unspecified atom stereocenters. The van der Waals surface area contributed by atoms with Gasteiger partial charge in [0.25, 0.3) is 0 Å². The van der Waals surface area contributed by atoms with Gasteiger partial charge < -0.3 is 9.80 Å². The summed E-state index contributed by atoms with van der Waals surface area (Å²) in [5.41, 5.74) is 4.96. The third-order valence-electron chi connectivity index (χ3n) is 4.22. The highest BCUT2D eigenvalue weighted by molar-refractivity contribution is 5.87. The van der Waals surface area contributed by atoms with E-state index in [0.717, 1.165) is 0 Å². The Labute approximate surface area is 172 Å². The Kier molecular flexibility index (Phi) is 10.5. The molecule has 0 N–H and O–H groups in total. The average Bonchev–Trinajstić information content (AvgIpc) is 3.11. The topological polar surface area (TPSA) is 6.48 Å². The van der Waals surface area contributed by atoms with Crippen LogP contribution in [-0.2, 0) is 0 Å². The van der Waals surface area contributed by atoms with E-state index in [4.69, 9.17) is 0 Å². The SMILES string of the molecule is CC.CC.CC.CC1N(c2ccccc2)c2ccccc2N1c1ccccc1. The molecule has 0 radical (unpaired) electrons. The fourth-order valence-electron chi connectivity index (χ4n) is 3.28. The van der Waals surface area contributed by atoms with E-state index < -0.39 is 0 Å². The molecule has 0 amide bonds. The summed E-state index contributed by atoms with van der Waals surface area (Å²) < 4.78 is 0. The van der Waals surface area contributed by atoms with Gasteiger partial charge in [0, 0.05) is 11.4 Å². The lowest BCUT2D eigenvalue weighted by Gasteiger charge is -2.30. The van der Waals surface area contributed by atoms with E-state index >= 15 is 0 Å². The molecule has 0 bridgehead atoms. The highest BCUT2D eigenvalue weighted by Gasteiger charge is 2.34. The maximum Gasteiger partial charge on any atom is 0.108 e. The summed E-state index contributed by atoms with van der Waals surface area (Å²) in [5, 5.41) is 0. The van der Waals surface area contributed by atoms with Crippen molar-refractivity contribution in [3.8, 4) is 0 Å². The molecule has 4 rings (SSSR count). The smallest absolute Gasteiger partial charge is 0.108 e. The van der Waals surface area contributed by atoms with Crippen LogP contribution in [0.25, 0.3) is 0 Å². The molecule has 0 fully saturated rings. The van der Waals surface area contributed by atoms with Gasteiger partial charge in [0.2, 0.25) is 0 Å². The number of para-hydroxylation sites is 4. The van der Waals surface area contributed by atoms with Crippen molar-refractivity contribution in [1.82, 2.24) is 0 Å². The van der Waals surface area contributed by atoms with Gasteiger partial charge in [-0.3, -0.25) is 0 Å². The van der Waals surface area contributed by atoms with E-state index in [1.165, 1.54) is 22.7 Å². The van der Waals surface area contributed by atoms with Gasteiger partial charge in [0.1, 0.15) is 6.17 Å². The number of nitrogens with zero attached hydrogens (tertiary/aromatic N) is 2. The lowest BCUT2D eigenvalue weighted by molar-refractivity contribution is 0.761. The zero-order chi connectivity index (χ0) is 20.9. The third kappa shape index (κ3) is 4.95. The second kappa shape index (κ2) is 12.6. The zero-order valence-corrected chi connectivity index (χ0v) is 18.6. The maximum absolute atomic E-state index is 2.39. The van der Waals surface area contributed by atoms with Gasteiger partial charge in [0.05, 0.1) is 11.4 Å². The summed E-state index contributed by atoms with van der Waals surface area (Å²) in [6, 6.07) is 29.8. The van der Waals surface area contributed by atoms with E-state index in [0.29, 0.717) is 0 Å². The summed E-state index contributed by atoms with van der Waals surface area (Å²) >= 11 is 0. The molecule has 0 aliphatic carbocycles.